The lowest BCUT2D eigenvalue weighted by Gasteiger charge is -2.21. The molecule has 2 atom stereocenters. The second-order valence-corrected chi connectivity index (χ2v) is 5.92. The molecule has 0 heterocycles. The fourth-order valence-corrected chi connectivity index (χ4v) is 2.43. The third-order valence-electron chi connectivity index (χ3n) is 4.03. The van der Waals surface area contributed by atoms with Crippen LogP contribution < -0.4 is 5.73 Å². The van der Waals surface area contributed by atoms with Crippen LogP contribution in [0.15, 0.2) is 54.6 Å². The summed E-state index contributed by atoms with van der Waals surface area (Å²) in [5, 5.41) is 0. The monoisotopic (exact) mass is 387 g/mol. The van der Waals surface area contributed by atoms with Crippen molar-refractivity contribution in [3.05, 3.63) is 71.3 Å². The molecule has 0 aromatic heterocycles. The first kappa shape index (κ1) is 22.0. The van der Waals surface area contributed by atoms with Crippen LogP contribution >= 0.6 is 12.4 Å². The molecular formula is C19H21ClF3NO2. The number of hydrogen-bond acceptors (Lipinski definition) is 3. The molecule has 142 valence electrons. The molecule has 0 saturated heterocycles. The van der Waals surface area contributed by atoms with Crippen LogP contribution in [0.5, 0.6) is 0 Å². The average Bonchev–Trinajstić information content (AvgIpc) is 2.61. The molecular weight excluding hydrogens is 367 g/mol. The zero-order valence-corrected chi connectivity index (χ0v) is 15.0. The largest absolute Gasteiger partial charge is 0.462 e. The number of nitrogens with two attached hydrogens (primary N) is 1. The normalized spacial score (nSPS) is 13.4. The minimum atomic E-state index is -4.40. The molecule has 3 nitrogen and oxygen atoms in total. The lowest BCUT2D eigenvalue weighted by atomic mass is 9.92. The first-order valence-electron chi connectivity index (χ1n) is 7.94. The number of carbonyl (C=O) groups is 1. The van der Waals surface area contributed by atoms with Gasteiger partial charge in [-0.2, -0.15) is 13.2 Å². The molecule has 2 N–H and O–H groups in total. The third-order valence-corrected chi connectivity index (χ3v) is 4.03. The number of alkyl halides is 3. The lowest BCUT2D eigenvalue weighted by Crippen LogP contribution is -2.21. The summed E-state index contributed by atoms with van der Waals surface area (Å²) in [6.45, 7) is 1.98. The van der Waals surface area contributed by atoms with Gasteiger partial charge in [-0.3, -0.25) is 0 Å². The number of carbonyl (C=O) groups excluding carboxylic acids is 1. The highest BCUT2D eigenvalue weighted by molar-refractivity contribution is 5.89. The first-order valence-corrected chi connectivity index (χ1v) is 7.94. The van der Waals surface area contributed by atoms with E-state index < -0.39 is 23.8 Å². The molecule has 2 aromatic rings. The zero-order valence-electron chi connectivity index (χ0n) is 14.2. The quantitative estimate of drug-likeness (QED) is 0.709. The maximum Gasteiger partial charge on any atom is 0.416 e. The van der Waals surface area contributed by atoms with Crippen LogP contribution in [0.3, 0.4) is 0 Å². The zero-order chi connectivity index (χ0) is 18.4. The van der Waals surface area contributed by atoms with E-state index in [-0.39, 0.29) is 24.9 Å². The number of rotatable bonds is 6. The van der Waals surface area contributed by atoms with Gasteiger partial charge in [-0.05, 0) is 42.2 Å². The maximum absolute atomic E-state index is 12.8. The van der Waals surface area contributed by atoms with Crippen molar-refractivity contribution in [2.24, 2.45) is 11.7 Å². The molecule has 2 unspecified atom stereocenters. The summed E-state index contributed by atoms with van der Waals surface area (Å²) in [6.07, 6.45) is -3.94. The van der Waals surface area contributed by atoms with Crippen LogP contribution in [0.2, 0.25) is 0 Å². The molecule has 2 rings (SSSR count). The molecule has 0 aliphatic carbocycles. The summed E-state index contributed by atoms with van der Waals surface area (Å²) in [5.74, 6) is -0.576. The van der Waals surface area contributed by atoms with E-state index in [1.54, 1.807) is 36.4 Å². The molecule has 0 spiro atoms. The summed E-state index contributed by atoms with van der Waals surface area (Å²) >= 11 is 0. The summed E-state index contributed by atoms with van der Waals surface area (Å²) in [6, 6.07) is 13.0. The van der Waals surface area contributed by atoms with E-state index in [0.29, 0.717) is 17.5 Å². The number of hydrogen-bond donors (Lipinski definition) is 1. The van der Waals surface area contributed by atoms with Crippen LogP contribution in [0, 0.1) is 5.92 Å². The van der Waals surface area contributed by atoms with E-state index in [9.17, 15) is 18.0 Å². The average molecular weight is 388 g/mol. The van der Waals surface area contributed by atoms with Crippen molar-refractivity contribution in [1.29, 1.82) is 0 Å². The Morgan fingerprint density at radius 2 is 1.77 bits per heavy atom. The summed E-state index contributed by atoms with van der Waals surface area (Å²) < 4.78 is 43.5. The number of ether oxygens (including phenoxy) is 1. The van der Waals surface area contributed by atoms with Crippen molar-refractivity contribution in [2.75, 3.05) is 6.61 Å². The standard InChI is InChI=1S/C19H20F3NO2.ClH/c1-13(10-11-25-18(24)14-6-3-2-4-7-14)17(23)15-8-5-9-16(12-15)19(20,21)22;/h2-9,12-13,17H,10-11,23H2,1H3;1H. The van der Waals surface area contributed by atoms with E-state index in [1.165, 1.54) is 6.07 Å². The Morgan fingerprint density at radius 3 is 2.38 bits per heavy atom. The Balaban J connectivity index is 0.00000338. The second-order valence-electron chi connectivity index (χ2n) is 5.92. The molecule has 0 fully saturated rings. The molecule has 26 heavy (non-hydrogen) atoms. The Bertz CT molecular complexity index is 707. The van der Waals surface area contributed by atoms with Crippen LogP contribution in [0.4, 0.5) is 13.2 Å². The molecule has 0 aliphatic heterocycles. The fraction of sp³-hybridized carbons (Fsp3) is 0.316. The highest BCUT2D eigenvalue weighted by Crippen LogP contribution is 2.32. The van der Waals surface area contributed by atoms with Gasteiger partial charge in [0.25, 0.3) is 0 Å². The molecule has 0 amide bonds. The molecule has 7 heteroatoms. The molecule has 0 radical (unpaired) electrons. The minimum Gasteiger partial charge on any atom is -0.462 e. The van der Waals surface area contributed by atoms with Gasteiger partial charge in [-0.15, -0.1) is 12.4 Å². The maximum atomic E-state index is 12.8. The third kappa shape index (κ3) is 6.04. The Labute approximate surface area is 156 Å². The van der Waals surface area contributed by atoms with Gasteiger partial charge < -0.3 is 10.5 Å². The SMILES string of the molecule is CC(CCOC(=O)c1ccccc1)C(N)c1cccc(C(F)(F)F)c1.Cl. The van der Waals surface area contributed by atoms with Crippen molar-refractivity contribution < 1.29 is 22.7 Å². The molecule has 0 saturated carbocycles. The summed E-state index contributed by atoms with van der Waals surface area (Å²) in [5.41, 5.74) is 6.22. The Hall–Kier alpha value is -2.05. The predicted octanol–water partition coefficient (Wildman–Crippen LogP) is 5.01. The summed E-state index contributed by atoms with van der Waals surface area (Å²) in [4.78, 5) is 11.8. The van der Waals surface area contributed by atoms with E-state index in [4.69, 9.17) is 10.5 Å². The Kier molecular flexibility index (Phi) is 8.11. The van der Waals surface area contributed by atoms with Gasteiger partial charge in [0.05, 0.1) is 17.7 Å². The van der Waals surface area contributed by atoms with Gasteiger partial charge in [0.2, 0.25) is 0 Å². The van der Waals surface area contributed by atoms with Gasteiger partial charge >= 0.3 is 12.1 Å². The highest BCUT2D eigenvalue weighted by Gasteiger charge is 2.31. The van der Waals surface area contributed by atoms with Gasteiger partial charge in [-0.25, -0.2) is 4.79 Å². The van der Waals surface area contributed by atoms with E-state index in [1.807, 2.05) is 6.92 Å². The number of benzene rings is 2. The molecule has 0 aliphatic rings. The highest BCUT2D eigenvalue weighted by atomic mass is 35.5. The summed E-state index contributed by atoms with van der Waals surface area (Å²) in [7, 11) is 0. The van der Waals surface area contributed by atoms with Crippen molar-refractivity contribution in [3.63, 3.8) is 0 Å². The van der Waals surface area contributed by atoms with Crippen molar-refractivity contribution in [1.82, 2.24) is 0 Å². The van der Waals surface area contributed by atoms with Crippen molar-refractivity contribution in [2.45, 2.75) is 25.6 Å². The van der Waals surface area contributed by atoms with Crippen LogP contribution in [-0.4, -0.2) is 12.6 Å². The van der Waals surface area contributed by atoms with Gasteiger partial charge in [0.1, 0.15) is 0 Å². The Morgan fingerprint density at radius 1 is 1.12 bits per heavy atom. The van der Waals surface area contributed by atoms with Gasteiger partial charge in [0, 0.05) is 6.04 Å². The van der Waals surface area contributed by atoms with Crippen molar-refractivity contribution >= 4 is 18.4 Å². The van der Waals surface area contributed by atoms with E-state index in [2.05, 4.69) is 0 Å². The van der Waals surface area contributed by atoms with Crippen molar-refractivity contribution in [3.8, 4) is 0 Å². The number of esters is 1. The second kappa shape index (κ2) is 9.59. The molecule has 2 aromatic carbocycles. The minimum absolute atomic E-state index is 0. The van der Waals surface area contributed by atoms with Gasteiger partial charge in [-0.1, -0.05) is 37.3 Å². The van der Waals surface area contributed by atoms with Gasteiger partial charge in [0.15, 0.2) is 0 Å². The molecule has 0 bridgehead atoms. The number of halogens is 4. The fourth-order valence-electron chi connectivity index (χ4n) is 2.43. The first-order chi connectivity index (χ1) is 11.8. The van der Waals surface area contributed by atoms with Crippen LogP contribution in [0.25, 0.3) is 0 Å². The van der Waals surface area contributed by atoms with E-state index >= 15 is 0 Å². The van der Waals surface area contributed by atoms with E-state index in [0.717, 1.165) is 12.1 Å². The lowest BCUT2D eigenvalue weighted by molar-refractivity contribution is -0.137. The smallest absolute Gasteiger partial charge is 0.416 e. The topological polar surface area (TPSA) is 52.3 Å². The van der Waals surface area contributed by atoms with Crippen LogP contribution in [-0.2, 0) is 10.9 Å². The predicted molar refractivity (Wildman–Crippen MR) is 96.1 cm³/mol. The van der Waals surface area contributed by atoms with Crippen LogP contribution in [0.1, 0.15) is 40.9 Å².